The monoisotopic (exact) mass is 238 g/mol. The number of anilines is 1. The summed E-state index contributed by atoms with van der Waals surface area (Å²) in [7, 11) is 0. The number of hydrogen-bond acceptors (Lipinski definition) is 3. The van der Waals surface area contributed by atoms with Crippen LogP contribution in [0.2, 0.25) is 0 Å². The maximum atomic E-state index is 13.7. The van der Waals surface area contributed by atoms with Gasteiger partial charge in [-0.1, -0.05) is 12.1 Å². The highest BCUT2D eigenvalue weighted by atomic mass is 19.1. The lowest BCUT2D eigenvalue weighted by atomic mass is 10.2. The Hall–Kier alpha value is -1.13. The highest BCUT2D eigenvalue weighted by molar-refractivity contribution is 5.47. The van der Waals surface area contributed by atoms with E-state index in [9.17, 15) is 4.39 Å². The molecule has 2 rings (SSSR count). The van der Waals surface area contributed by atoms with Gasteiger partial charge in [-0.3, -0.25) is 4.90 Å². The Morgan fingerprint density at radius 3 is 2.88 bits per heavy atom. The van der Waals surface area contributed by atoms with E-state index in [-0.39, 0.29) is 5.82 Å². The van der Waals surface area contributed by atoms with E-state index in [1.54, 1.807) is 19.1 Å². The molecule has 1 aliphatic rings. The van der Waals surface area contributed by atoms with Crippen LogP contribution in [0.4, 0.5) is 10.1 Å². The van der Waals surface area contributed by atoms with Gasteiger partial charge >= 0.3 is 0 Å². The summed E-state index contributed by atoms with van der Waals surface area (Å²) in [5.41, 5.74) is 1.28. The minimum Gasteiger partial charge on any atom is -0.381 e. The average molecular weight is 238 g/mol. The first kappa shape index (κ1) is 12.3. The fourth-order valence-corrected chi connectivity index (χ4v) is 1.96. The van der Waals surface area contributed by atoms with Gasteiger partial charge in [-0.25, -0.2) is 4.39 Å². The van der Waals surface area contributed by atoms with Gasteiger partial charge in [-0.15, -0.1) is 0 Å². The second-order valence-electron chi connectivity index (χ2n) is 4.32. The minimum absolute atomic E-state index is 0.144. The predicted octanol–water partition coefficient (Wildman–Crippen LogP) is 1.88. The minimum atomic E-state index is -0.144. The zero-order chi connectivity index (χ0) is 12.1. The average Bonchev–Trinajstić information content (AvgIpc) is 2.36. The van der Waals surface area contributed by atoms with E-state index >= 15 is 0 Å². The third-order valence-electron chi connectivity index (χ3n) is 3.04. The zero-order valence-corrected chi connectivity index (χ0v) is 10.2. The van der Waals surface area contributed by atoms with Gasteiger partial charge in [-0.2, -0.15) is 0 Å². The fourth-order valence-electron chi connectivity index (χ4n) is 1.96. The van der Waals surface area contributed by atoms with Gasteiger partial charge in [-0.05, 0) is 18.6 Å². The summed E-state index contributed by atoms with van der Waals surface area (Å²) in [6.07, 6.45) is 0. The Balaban J connectivity index is 1.79. The van der Waals surface area contributed by atoms with E-state index in [4.69, 9.17) is 4.74 Å². The molecule has 4 heteroatoms. The number of halogens is 1. The van der Waals surface area contributed by atoms with Gasteiger partial charge in [0.1, 0.15) is 5.82 Å². The lowest BCUT2D eigenvalue weighted by Crippen LogP contribution is -2.39. The van der Waals surface area contributed by atoms with Crippen molar-refractivity contribution in [3.05, 3.63) is 29.6 Å². The largest absolute Gasteiger partial charge is 0.381 e. The van der Waals surface area contributed by atoms with Crippen molar-refractivity contribution in [3.8, 4) is 0 Å². The molecule has 0 unspecified atom stereocenters. The lowest BCUT2D eigenvalue weighted by molar-refractivity contribution is 0.0398. The summed E-state index contributed by atoms with van der Waals surface area (Å²) in [5, 5.41) is 3.14. The Bertz CT molecular complexity index is 364. The van der Waals surface area contributed by atoms with Crippen LogP contribution in [0.15, 0.2) is 18.2 Å². The van der Waals surface area contributed by atoms with Crippen molar-refractivity contribution in [1.29, 1.82) is 0 Å². The second kappa shape index (κ2) is 5.98. The quantitative estimate of drug-likeness (QED) is 0.866. The van der Waals surface area contributed by atoms with E-state index in [2.05, 4.69) is 10.2 Å². The highest BCUT2D eigenvalue weighted by Gasteiger charge is 2.10. The molecule has 94 valence electrons. The topological polar surface area (TPSA) is 24.5 Å². The van der Waals surface area contributed by atoms with Crippen LogP contribution in [0.25, 0.3) is 0 Å². The summed E-state index contributed by atoms with van der Waals surface area (Å²) in [6, 6.07) is 5.43. The molecule has 0 aromatic heterocycles. The van der Waals surface area contributed by atoms with Crippen molar-refractivity contribution in [1.82, 2.24) is 4.90 Å². The van der Waals surface area contributed by atoms with E-state index in [0.29, 0.717) is 11.3 Å². The first-order chi connectivity index (χ1) is 8.27. The molecule has 1 aliphatic heterocycles. The van der Waals surface area contributed by atoms with Gasteiger partial charge in [0.25, 0.3) is 0 Å². The second-order valence-corrected chi connectivity index (χ2v) is 4.32. The van der Waals surface area contributed by atoms with Crippen LogP contribution in [-0.4, -0.2) is 44.3 Å². The smallest absolute Gasteiger partial charge is 0.149 e. The van der Waals surface area contributed by atoms with Crippen LogP contribution >= 0.6 is 0 Å². The molecule has 0 atom stereocenters. The van der Waals surface area contributed by atoms with Crippen LogP contribution in [0.5, 0.6) is 0 Å². The van der Waals surface area contributed by atoms with Crippen molar-refractivity contribution in [2.24, 2.45) is 0 Å². The molecule has 1 heterocycles. The molecule has 1 aromatic rings. The SMILES string of the molecule is Cc1cccc(NCCN2CCOCC2)c1F. The van der Waals surface area contributed by atoms with E-state index in [1.807, 2.05) is 6.07 Å². The van der Waals surface area contributed by atoms with Crippen LogP contribution in [0.1, 0.15) is 5.56 Å². The molecule has 1 saturated heterocycles. The molecule has 0 spiro atoms. The van der Waals surface area contributed by atoms with E-state index in [1.165, 1.54) is 0 Å². The summed E-state index contributed by atoms with van der Waals surface area (Å²) in [6.45, 7) is 7.02. The number of morpholine rings is 1. The molecule has 0 amide bonds. The molecule has 1 N–H and O–H groups in total. The first-order valence-electron chi connectivity index (χ1n) is 6.06. The number of benzene rings is 1. The van der Waals surface area contributed by atoms with Crippen LogP contribution < -0.4 is 5.32 Å². The molecule has 1 aromatic carbocycles. The van der Waals surface area contributed by atoms with Gasteiger partial charge in [0.15, 0.2) is 0 Å². The summed E-state index contributed by atoms with van der Waals surface area (Å²) in [5.74, 6) is -0.144. The molecule has 3 nitrogen and oxygen atoms in total. The summed E-state index contributed by atoms with van der Waals surface area (Å²) in [4.78, 5) is 2.32. The lowest BCUT2D eigenvalue weighted by Gasteiger charge is -2.26. The number of nitrogens with one attached hydrogen (secondary N) is 1. The van der Waals surface area contributed by atoms with Crippen molar-refractivity contribution >= 4 is 5.69 Å². The van der Waals surface area contributed by atoms with Crippen LogP contribution in [0, 0.1) is 12.7 Å². The number of aryl methyl sites for hydroxylation is 1. The summed E-state index contributed by atoms with van der Waals surface area (Å²) < 4.78 is 18.9. The molecule has 17 heavy (non-hydrogen) atoms. The Morgan fingerprint density at radius 1 is 1.35 bits per heavy atom. The third kappa shape index (κ3) is 3.41. The molecule has 0 radical (unpaired) electrons. The van der Waals surface area contributed by atoms with Crippen LogP contribution in [0.3, 0.4) is 0 Å². The molecular weight excluding hydrogens is 219 g/mol. The Labute approximate surface area is 102 Å². The molecule has 0 aliphatic carbocycles. The van der Waals surface area contributed by atoms with Crippen molar-refractivity contribution in [3.63, 3.8) is 0 Å². The number of ether oxygens (including phenoxy) is 1. The number of rotatable bonds is 4. The van der Waals surface area contributed by atoms with Gasteiger partial charge in [0.2, 0.25) is 0 Å². The zero-order valence-electron chi connectivity index (χ0n) is 10.2. The van der Waals surface area contributed by atoms with Crippen molar-refractivity contribution < 1.29 is 9.13 Å². The van der Waals surface area contributed by atoms with Gasteiger partial charge in [0.05, 0.1) is 18.9 Å². The molecular formula is C13H19FN2O. The standard InChI is InChI=1S/C13H19FN2O/c1-11-3-2-4-12(13(11)14)15-5-6-16-7-9-17-10-8-16/h2-4,15H,5-10H2,1H3. The normalized spacial score (nSPS) is 17.1. The number of nitrogens with zero attached hydrogens (tertiary/aromatic N) is 1. The van der Waals surface area contributed by atoms with Gasteiger partial charge in [0, 0.05) is 26.2 Å². The van der Waals surface area contributed by atoms with E-state index in [0.717, 1.165) is 39.4 Å². The molecule has 0 bridgehead atoms. The highest BCUT2D eigenvalue weighted by Crippen LogP contribution is 2.16. The molecule has 0 saturated carbocycles. The molecule has 1 fully saturated rings. The van der Waals surface area contributed by atoms with Crippen molar-refractivity contribution in [2.45, 2.75) is 6.92 Å². The van der Waals surface area contributed by atoms with Crippen molar-refractivity contribution in [2.75, 3.05) is 44.7 Å². The Kier molecular flexibility index (Phi) is 4.34. The first-order valence-corrected chi connectivity index (χ1v) is 6.06. The maximum Gasteiger partial charge on any atom is 0.149 e. The third-order valence-corrected chi connectivity index (χ3v) is 3.04. The predicted molar refractivity (Wildman–Crippen MR) is 66.9 cm³/mol. The van der Waals surface area contributed by atoms with E-state index < -0.39 is 0 Å². The fraction of sp³-hybridized carbons (Fsp3) is 0.538. The van der Waals surface area contributed by atoms with Crippen LogP contribution in [-0.2, 0) is 4.74 Å². The summed E-state index contributed by atoms with van der Waals surface area (Å²) >= 11 is 0. The number of hydrogen-bond donors (Lipinski definition) is 1. The maximum absolute atomic E-state index is 13.7. The van der Waals surface area contributed by atoms with Gasteiger partial charge < -0.3 is 10.1 Å². The Morgan fingerprint density at radius 2 is 2.12 bits per heavy atom.